The van der Waals surface area contributed by atoms with E-state index >= 15 is 0 Å². The molecule has 5 nitrogen and oxygen atoms in total. The molecule has 0 spiro atoms. The summed E-state index contributed by atoms with van der Waals surface area (Å²) in [5.41, 5.74) is 0. The predicted molar refractivity (Wildman–Crippen MR) is 60.2 cm³/mol. The molecular formula is C10H22N2O3S+2. The van der Waals surface area contributed by atoms with Gasteiger partial charge in [0.25, 0.3) is 0 Å². The number of ether oxygens (including phenoxy) is 1. The van der Waals surface area contributed by atoms with Gasteiger partial charge in [-0.1, -0.05) is 0 Å². The fraction of sp³-hybridized carbons (Fsp3) is 1.00. The highest BCUT2D eigenvalue weighted by Crippen LogP contribution is 2.07. The van der Waals surface area contributed by atoms with Crippen molar-refractivity contribution in [1.29, 1.82) is 0 Å². The third-order valence-electron chi connectivity index (χ3n) is 3.47. The average molecular weight is 250 g/mol. The molecule has 94 valence electrons. The molecule has 6 heteroatoms. The zero-order valence-electron chi connectivity index (χ0n) is 9.65. The lowest BCUT2D eigenvalue weighted by Crippen LogP contribution is -3.16. The second-order valence-corrected chi connectivity index (χ2v) is 7.03. The largest absolute Gasteiger partial charge is 0.370 e. The van der Waals surface area contributed by atoms with E-state index in [0.29, 0.717) is 17.5 Å². The van der Waals surface area contributed by atoms with E-state index in [9.17, 15) is 8.42 Å². The molecule has 0 aliphatic carbocycles. The lowest BCUT2D eigenvalue weighted by Gasteiger charge is -2.23. The minimum absolute atomic E-state index is 0.311. The van der Waals surface area contributed by atoms with Crippen molar-refractivity contribution in [2.75, 3.05) is 50.9 Å². The number of morpholine rings is 1. The van der Waals surface area contributed by atoms with Gasteiger partial charge in [0.2, 0.25) is 0 Å². The van der Waals surface area contributed by atoms with Gasteiger partial charge in [0.1, 0.15) is 38.0 Å². The SMILES string of the molecule is O=S1(=O)CC[C@@H]([NH2+]CC[NH+]2CCOCC2)C1. The Hall–Kier alpha value is -0.170. The second-order valence-electron chi connectivity index (χ2n) is 4.80. The predicted octanol–water partition coefficient (Wildman–Crippen LogP) is -3.35. The first-order valence-electron chi connectivity index (χ1n) is 6.11. The Labute approximate surface area is 97.1 Å². The highest BCUT2D eigenvalue weighted by molar-refractivity contribution is 7.91. The molecule has 0 aromatic heterocycles. The Bertz CT molecular complexity index is 312. The van der Waals surface area contributed by atoms with Crippen LogP contribution in [0.25, 0.3) is 0 Å². The topological polar surface area (TPSA) is 64.4 Å². The van der Waals surface area contributed by atoms with E-state index in [2.05, 4.69) is 5.32 Å². The maximum absolute atomic E-state index is 11.3. The Morgan fingerprint density at radius 1 is 1.31 bits per heavy atom. The van der Waals surface area contributed by atoms with Crippen LogP contribution in [0.4, 0.5) is 0 Å². The maximum Gasteiger partial charge on any atom is 0.156 e. The van der Waals surface area contributed by atoms with Crippen LogP contribution in [0.2, 0.25) is 0 Å². The summed E-state index contributed by atoms with van der Waals surface area (Å²) in [6.45, 7) is 6.09. The first kappa shape index (κ1) is 12.3. The molecule has 2 aliphatic heterocycles. The molecule has 0 unspecified atom stereocenters. The van der Waals surface area contributed by atoms with E-state index in [1.807, 2.05) is 0 Å². The van der Waals surface area contributed by atoms with Crippen LogP contribution in [-0.4, -0.2) is 65.4 Å². The van der Waals surface area contributed by atoms with E-state index in [1.54, 1.807) is 4.90 Å². The first-order chi connectivity index (χ1) is 7.66. The maximum atomic E-state index is 11.3. The van der Waals surface area contributed by atoms with Crippen molar-refractivity contribution in [3.05, 3.63) is 0 Å². The van der Waals surface area contributed by atoms with Gasteiger partial charge in [0.05, 0.1) is 19.0 Å². The number of rotatable bonds is 4. The first-order valence-corrected chi connectivity index (χ1v) is 7.93. The summed E-state index contributed by atoms with van der Waals surface area (Å²) in [5, 5.41) is 2.22. The van der Waals surface area contributed by atoms with Crippen LogP contribution >= 0.6 is 0 Å². The molecule has 2 aliphatic rings. The van der Waals surface area contributed by atoms with Crippen LogP contribution in [0.3, 0.4) is 0 Å². The van der Waals surface area contributed by atoms with Crippen LogP contribution < -0.4 is 10.2 Å². The van der Waals surface area contributed by atoms with E-state index in [1.165, 1.54) is 0 Å². The minimum Gasteiger partial charge on any atom is -0.370 e. The van der Waals surface area contributed by atoms with Crippen molar-refractivity contribution in [2.45, 2.75) is 12.5 Å². The molecular weight excluding hydrogens is 228 g/mol. The van der Waals surface area contributed by atoms with Crippen LogP contribution in [0, 0.1) is 0 Å². The quantitative estimate of drug-likeness (QED) is 0.548. The fourth-order valence-corrected chi connectivity index (χ4v) is 4.23. The van der Waals surface area contributed by atoms with Gasteiger partial charge in [0, 0.05) is 6.42 Å². The number of nitrogens with one attached hydrogen (secondary N) is 1. The second kappa shape index (κ2) is 5.44. The van der Waals surface area contributed by atoms with Crippen LogP contribution in [0.5, 0.6) is 0 Å². The molecule has 2 heterocycles. The highest BCUT2D eigenvalue weighted by Gasteiger charge is 2.30. The number of hydrogen-bond acceptors (Lipinski definition) is 3. The third kappa shape index (κ3) is 3.69. The third-order valence-corrected chi connectivity index (χ3v) is 5.26. The monoisotopic (exact) mass is 250 g/mol. The molecule has 2 rings (SSSR count). The van der Waals surface area contributed by atoms with Gasteiger partial charge in [-0.3, -0.25) is 0 Å². The van der Waals surface area contributed by atoms with Gasteiger partial charge >= 0.3 is 0 Å². The van der Waals surface area contributed by atoms with Crippen LogP contribution in [0.1, 0.15) is 6.42 Å². The summed E-state index contributed by atoms with van der Waals surface area (Å²) in [6, 6.07) is 0.311. The smallest absolute Gasteiger partial charge is 0.156 e. The summed E-state index contributed by atoms with van der Waals surface area (Å²) in [6.07, 6.45) is 0.834. The molecule has 2 saturated heterocycles. The Balaban J connectivity index is 1.61. The summed E-state index contributed by atoms with van der Waals surface area (Å²) in [4.78, 5) is 1.59. The van der Waals surface area contributed by atoms with Crippen molar-refractivity contribution in [3.8, 4) is 0 Å². The number of hydrogen-bond donors (Lipinski definition) is 2. The van der Waals surface area contributed by atoms with E-state index in [4.69, 9.17) is 4.74 Å². The number of quaternary nitrogens is 2. The van der Waals surface area contributed by atoms with Crippen molar-refractivity contribution in [2.24, 2.45) is 0 Å². The molecule has 0 bridgehead atoms. The molecule has 0 saturated carbocycles. The molecule has 3 N–H and O–H groups in total. The zero-order chi connectivity index (χ0) is 11.4. The van der Waals surface area contributed by atoms with E-state index in [-0.39, 0.29) is 0 Å². The van der Waals surface area contributed by atoms with Gasteiger partial charge in [-0.05, 0) is 0 Å². The Morgan fingerprint density at radius 3 is 2.69 bits per heavy atom. The Kier molecular flexibility index (Phi) is 4.18. The van der Waals surface area contributed by atoms with Crippen molar-refractivity contribution in [1.82, 2.24) is 0 Å². The normalized spacial score (nSPS) is 30.6. The van der Waals surface area contributed by atoms with E-state index < -0.39 is 9.84 Å². The fourth-order valence-electron chi connectivity index (χ4n) is 2.44. The molecule has 0 aromatic rings. The van der Waals surface area contributed by atoms with Gasteiger partial charge in [-0.15, -0.1) is 0 Å². The Morgan fingerprint density at radius 2 is 2.06 bits per heavy atom. The zero-order valence-corrected chi connectivity index (χ0v) is 10.5. The number of nitrogens with two attached hydrogens (primary N) is 1. The van der Waals surface area contributed by atoms with E-state index in [0.717, 1.165) is 45.8 Å². The summed E-state index contributed by atoms with van der Waals surface area (Å²) < 4.78 is 27.8. The summed E-state index contributed by atoms with van der Waals surface area (Å²) >= 11 is 0. The molecule has 0 radical (unpaired) electrons. The van der Waals surface area contributed by atoms with Crippen LogP contribution in [0.15, 0.2) is 0 Å². The van der Waals surface area contributed by atoms with Crippen molar-refractivity contribution < 1.29 is 23.4 Å². The highest BCUT2D eigenvalue weighted by atomic mass is 32.2. The standard InChI is InChI=1S/C10H20N2O3S/c13-16(14)8-1-10(9-16)11-2-3-12-4-6-15-7-5-12/h10-11H,1-9H2/p+2/t10-/m1/s1. The molecule has 0 aromatic carbocycles. The summed E-state index contributed by atoms with van der Waals surface area (Å²) in [5.74, 6) is 0.768. The summed E-state index contributed by atoms with van der Waals surface area (Å²) in [7, 11) is -2.71. The molecule has 1 atom stereocenters. The van der Waals surface area contributed by atoms with Gasteiger partial charge in [0.15, 0.2) is 9.84 Å². The molecule has 16 heavy (non-hydrogen) atoms. The van der Waals surface area contributed by atoms with Gasteiger partial charge < -0.3 is 15.0 Å². The lowest BCUT2D eigenvalue weighted by molar-refractivity contribution is -0.921. The van der Waals surface area contributed by atoms with Crippen LogP contribution in [-0.2, 0) is 14.6 Å². The lowest BCUT2D eigenvalue weighted by atomic mass is 10.2. The van der Waals surface area contributed by atoms with Gasteiger partial charge in [-0.2, -0.15) is 0 Å². The van der Waals surface area contributed by atoms with Gasteiger partial charge in [-0.25, -0.2) is 8.42 Å². The van der Waals surface area contributed by atoms with Crippen molar-refractivity contribution >= 4 is 9.84 Å². The van der Waals surface area contributed by atoms with Crippen molar-refractivity contribution in [3.63, 3.8) is 0 Å². The minimum atomic E-state index is -2.71. The molecule has 0 amide bonds. The number of sulfone groups is 1. The molecule has 2 fully saturated rings. The average Bonchev–Trinajstić information content (AvgIpc) is 2.60.